The Kier molecular flexibility index (Phi) is 0.704. The van der Waals surface area contributed by atoms with E-state index in [2.05, 4.69) is 21.9 Å². The average Bonchev–Trinajstić information content (AvgIpc) is 2.15. The van der Waals surface area contributed by atoms with Crippen LogP contribution in [0.15, 0.2) is 23.6 Å². The lowest BCUT2D eigenvalue weighted by atomic mass is 10.3. The molecule has 1 aliphatic carbocycles. The second-order valence-corrected chi connectivity index (χ2v) is 2.41. The molecule has 0 saturated heterocycles. The predicted molar refractivity (Wildman–Crippen MR) is 35.3 cm³/mol. The van der Waals surface area contributed by atoms with Crippen LogP contribution < -0.4 is 0 Å². The van der Waals surface area contributed by atoms with Crippen LogP contribution in [0.25, 0.3) is 11.3 Å². The van der Waals surface area contributed by atoms with Gasteiger partial charge < -0.3 is 4.37 Å². The zero-order valence-corrected chi connectivity index (χ0v) is 5.03. The van der Waals surface area contributed by atoms with Crippen molar-refractivity contribution in [2.24, 2.45) is 0 Å². The predicted octanol–water partition coefficient (Wildman–Crippen LogP) is 2.18. The van der Waals surface area contributed by atoms with E-state index < -0.39 is 0 Å². The Morgan fingerprint density at radius 1 is 1.38 bits per heavy atom. The Bertz CT molecular complexity index is 200. The first-order valence-corrected chi connectivity index (χ1v) is 3.35. The summed E-state index contributed by atoms with van der Waals surface area (Å²) in [6.07, 6.45) is 0. The third-order valence-corrected chi connectivity index (χ3v) is 1.91. The molecule has 8 heavy (non-hydrogen) atoms. The first-order chi connectivity index (χ1) is 3.97. The summed E-state index contributed by atoms with van der Waals surface area (Å²) in [4.78, 5) is 0. The van der Waals surface area contributed by atoms with E-state index in [1.165, 1.54) is 11.3 Å². The number of fused-ring (bicyclic) bond motifs is 1. The normalized spacial score (nSPS) is 10.5. The highest BCUT2D eigenvalue weighted by Crippen LogP contribution is 2.22. The molecular weight excluding hydrogens is 118 g/mol. The molecular formula is C6H5NS. The highest BCUT2D eigenvalue weighted by Gasteiger charge is 1.98. The molecule has 0 aromatic rings. The van der Waals surface area contributed by atoms with Gasteiger partial charge in [0.1, 0.15) is 0 Å². The number of rotatable bonds is 0. The van der Waals surface area contributed by atoms with E-state index in [4.69, 9.17) is 0 Å². The maximum absolute atomic E-state index is 3.14. The SMILES string of the molecule is c1cc2cs[nH]c-2c1. The molecule has 0 aromatic heterocycles. The van der Waals surface area contributed by atoms with E-state index in [-0.39, 0.29) is 0 Å². The summed E-state index contributed by atoms with van der Waals surface area (Å²) >= 11 is 1.63. The maximum atomic E-state index is 3.14. The quantitative estimate of drug-likeness (QED) is 0.552. The number of H-pyrrole nitrogens is 1. The van der Waals surface area contributed by atoms with E-state index in [1.807, 2.05) is 6.07 Å². The molecule has 0 unspecified atom stereocenters. The van der Waals surface area contributed by atoms with Crippen LogP contribution in [0, 0.1) is 0 Å². The fourth-order valence-electron chi connectivity index (χ4n) is 0.786. The van der Waals surface area contributed by atoms with E-state index in [1.54, 1.807) is 11.5 Å². The van der Waals surface area contributed by atoms with Crippen molar-refractivity contribution in [1.29, 1.82) is 0 Å². The van der Waals surface area contributed by atoms with Gasteiger partial charge in [-0.2, -0.15) is 0 Å². The van der Waals surface area contributed by atoms with Gasteiger partial charge in [0.25, 0.3) is 0 Å². The third-order valence-electron chi connectivity index (χ3n) is 1.20. The van der Waals surface area contributed by atoms with Crippen molar-refractivity contribution in [3.8, 4) is 11.3 Å². The van der Waals surface area contributed by atoms with Crippen molar-refractivity contribution in [3.05, 3.63) is 23.6 Å². The molecule has 2 aliphatic rings. The Labute approximate surface area is 51.5 Å². The summed E-state index contributed by atoms with van der Waals surface area (Å²) in [7, 11) is 0. The molecule has 1 N–H and O–H groups in total. The van der Waals surface area contributed by atoms with Crippen molar-refractivity contribution in [2.45, 2.75) is 0 Å². The zero-order chi connectivity index (χ0) is 5.40. The van der Waals surface area contributed by atoms with Crippen molar-refractivity contribution in [1.82, 2.24) is 4.37 Å². The summed E-state index contributed by atoms with van der Waals surface area (Å²) in [5, 5.41) is 2.11. The van der Waals surface area contributed by atoms with E-state index in [0.29, 0.717) is 0 Å². The third kappa shape index (κ3) is 0.406. The Morgan fingerprint density at radius 3 is 3.25 bits per heavy atom. The van der Waals surface area contributed by atoms with Crippen LogP contribution in [0.3, 0.4) is 0 Å². The van der Waals surface area contributed by atoms with Gasteiger partial charge in [0, 0.05) is 10.9 Å². The summed E-state index contributed by atoms with van der Waals surface area (Å²) in [6, 6.07) is 6.22. The summed E-state index contributed by atoms with van der Waals surface area (Å²) in [6.45, 7) is 0. The summed E-state index contributed by atoms with van der Waals surface area (Å²) in [5.41, 5.74) is 2.56. The number of hydrogen-bond acceptors (Lipinski definition) is 1. The monoisotopic (exact) mass is 123 g/mol. The lowest BCUT2D eigenvalue weighted by molar-refractivity contribution is 1.58. The fourth-order valence-corrected chi connectivity index (χ4v) is 1.49. The Balaban J connectivity index is 2.84. The minimum absolute atomic E-state index is 1.25. The van der Waals surface area contributed by atoms with Crippen LogP contribution >= 0.6 is 11.5 Å². The van der Waals surface area contributed by atoms with Crippen LogP contribution in [-0.4, -0.2) is 4.37 Å². The molecule has 0 radical (unpaired) electrons. The molecule has 0 saturated carbocycles. The molecule has 0 aromatic carbocycles. The molecule has 0 spiro atoms. The van der Waals surface area contributed by atoms with Crippen LogP contribution in [0.5, 0.6) is 0 Å². The second kappa shape index (κ2) is 1.36. The maximum Gasteiger partial charge on any atom is 0.0558 e. The minimum Gasteiger partial charge on any atom is -0.311 e. The number of hydrogen-bond donors (Lipinski definition) is 1. The van der Waals surface area contributed by atoms with Gasteiger partial charge in [0.15, 0.2) is 0 Å². The zero-order valence-electron chi connectivity index (χ0n) is 4.22. The average molecular weight is 123 g/mol. The molecule has 2 heteroatoms. The summed E-state index contributed by atoms with van der Waals surface area (Å²) in [5.74, 6) is 0. The fraction of sp³-hybridized carbons (Fsp3) is 0. The molecule has 1 heterocycles. The van der Waals surface area contributed by atoms with Gasteiger partial charge in [-0.25, -0.2) is 0 Å². The number of aromatic nitrogens is 1. The molecule has 0 fully saturated rings. The minimum atomic E-state index is 1.25. The van der Waals surface area contributed by atoms with Gasteiger partial charge in [0.05, 0.1) is 5.69 Å². The molecule has 0 amide bonds. The van der Waals surface area contributed by atoms with E-state index >= 15 is 0 Å². The summed E-state index contributed by atoms with van der Waals surface area (Å²) < 4.78 is 3.14. The van der Waals surface area contributed by atoms with Crippen molar-refractivity contribution < 1.29 is 0 Å². The topological polar surface area (TPSA) is 15.8 Å². The Hall–Kier alpha value is -0.760. The lowest BCUT2D eigenvalue weighted by Crippen LogP contribution is -1.58. The first-order valence-electron chi connectivity index (χ1n) is 2.47. The highest BCUT2D eigenvalue weighted by molar-refractivity contribution is 7.04. The van der Waals surface area contributed by atoms with Crippen molar-refractivity contribution >= 4 is 11.5 Å². The van der Waals surface area contributed by atoms with E-state index in [0.717, 1.165) is 0 Å². The van der Waals surface area contributed by atoms with Gasteiger partial charge in [-0.05, 0) is 6.07 Å². The molecule has 1 aliphatic heterocycles. The number of nitrogens with one attached hydrogen (secondary N) is 1. The van der Waals surface area contributed by atoms with Crippen LogP contribution in [0.4, 0.5) is 0 Å². The van der Waals surface area contributed by atoms with Crippen LogP contribution in [-0.2, 0) is 0 Å². The van der Waals surface area contributed by atoms with Gasteiger partial charge >= 0.3 is 0 Å². The second-order valence-electron chi connectivity index (χ2n) is 1.73. The van der Waals surface area contributed by atoms with Gasteiger partial charge in [-0.1, -0.05) is 23.7 Å². The molecule has 2 rings (SSSR count). The molecule has 1 nitrogen and oxygen atoms in total. The first kappa shape index (κ1) is 4.15. The largest absolute Gasteiger partial charge is 0.311 e. The van der Waals surface area contributed by atoms with E-state index in [9.17, 15) is 0 Å². The van der Waals surface area contributed by atoms with Crippen LogP contribution in [0.2, 0.25) is 0 Å². The Morgan fingerprint density at radius 2 is 2.38 bits per heavy atom. The lowest BCUT2D eigenvalue weighted by Gasteiger charge is -1.77. The van der Waals surface area contributed by atoms with Gasteiger partial charge in [-0.15, -0.1) is 0 Å². The van der Waals surface area contributed by atoms with Crippen molar-refractivity contribution in [2.75, 3.05) is 0 Å². The van der Waals surface area contributed by atoms with Crippen molar-refractivity contribution in [3.63, 3.8) is 0 Å². The van der Waals surface area contributed by atoms with Gasteiger partial charge in [-0.3, -0.25) is 0 Å². The smallest absolute Gasteiger partial charge is 0.0558 e. The molecule has 0 bridgehead atoms. The standard InChI is InChI=1S/C6H5NS/c1-2-5-4-8-7-6(5)3-1/h1-4,7H. The van der Waals surface area contributed by atoms with Crippen LogP contribution in [0.1, 0.15) is 0 Å². The molecule has 0 atom stereocenters. The highest BCUT2D eigenvalue weighted by atomic mass is 32.1. The number of aromatic amines is 1. The molecule has 40 valence electrons. The van der Waals surface area contributed by atoms with Gasteiger partial charge in [0.2, 0.25) is 0 Å².